The third-order valence-electron chi connectivity index (χ3n) is 2.60. The molecule has 84 valence electrons. The maximum atomic E-state index is 6.18. The van der Waals surface area contributed by atoms with Crippen molar-refractivity contribution in [2.24, 2.45) is 5.73 Å². The van der Waals surface area contributed by atoms with E-state index in [1.807, 2.05) is 41.9 Å². The van der Waals surface area contributed by atoms with E-state index in [1.165, 1.54) is 0 Å². The molecule has 0 saturated carbocycles. The molecule has 4 heteroatoms. The van der Waals surface area contributed by atoms with E-state index in [2.05, 4.69) is 5.10 Å². The van der Waals surface area contributed by atoms with Gasteiger partial charge in [-0.15, -0.1) is 0 Å². The summed E-state index contributed by atoms with van der Waals surface area (Å²) in [7, 11) is 0. The number of rotatable bonds is 3. The van der Waals surface area contributed by atoms with Crippen molar-refractivity contribution in [1.82, 2.24) is 9.78 Å². The first-order valence-corrected chi connectivity index (χ1v) is 5.63. The molecule has 1 heterocycles. The van der Waals surface area contributed by atoms with Gasteiger partial charge >= 0.3 is 0 Å². The average Bonchev–Trinajstić information content (AvgIpc) is 2.77. The number of benzene rings is 1. The summed E-state index contributed by atoms with van der Waals surface area (Å²) in [5.41, 5.74) is 8.24. The summed E-state index contributed by atoms with van der Waals surface area (Å²) in [4.78, 5) is 0. The Morgan fingerprint density at radius 3 is 2.62 bits per heavy atom. The number of nitrogens with zero attached hydrogens (tertiary/aromatic N) is 2. The van der Waals surface area contributed by atoms with Crippen LogP contribution < -0.4 is 5.73 Å². The Balaban J connectivity index is 2.31. The highest BCUT2D eigenvalue weighted by molar-refractivity contribution is 6.30. The Hall–Kier alpha value is -1.32. The van der Waals surface area contributed by atoms with Crippen LogP contribution in [0.25, 0.3) is 0 Å². The lowest BCUT2D eigenvalue weighted by molar-refractivity contribution is 0.601. The quantitative estimate of drug-likeness (QED) is 0.889. The lowest BCUT2D eigenvalue weighted by Crippen LogP contribution is -2.17. The molecule has 0 fully saturated rings. The molecule has 1 aromatic carbocycles. The zero-order valence-corrected chi connectivity index (χ0v) is 9.85. The van der Waals surface area contributed by atoms with Crippen LogP contribution in [0.3, 0.4) is 0 Å². The lowest BCUT2D eigenvalue weighted by Gasteiger charge is -2.13. The Morgan fingerprint density at radius 1 is 1.31 bits per heavy atom. The predicted molar refractivity (Wildman–Crippen MR) is 65.4 cm³/mol. The molecule has 0 aliphatic rings. The summed E-state index contributed by atoms with van der Waals surface area (Å²) in [5, 5.41) is 4.93. The Kier molecular flexibility index (Phi) is 3.27. The van der Waals surface area contributed by atoms with E-state index in [-0.39, 0.29) is 6.04 Å². The first-order valence-electron chi connectivity index (χ1n) is 5.25. The standard InChI is InChI=1S/C12H14ClN3/c1-2-16-11(7-8-15-16)12(14)9-3-5-10(13)6-4-9/h3-8,12H,2,14H2,1H3. The molecular weight excluding hydrogens is 222 g/mol. The molecule has 0 amide bonds. The highest BCUT2D eigenvalue weighted by atomic mass is 35.5. The van der Waals surface area contributed by atoms with Gasteiger partial charge in [-0.3, -0.25) is 4.68 Å². The first-order chi connectivity index (χ1) is 7.72. The van der Waals surface area contributed by atoms with Crippen molar-refractivity contribution in [3.8, 4) is 0 Å². The molecule has 16 heavy (non-hydrogen) atoms. The summed E-state index contributed by atoms with van der Waals surface area (Å²) in [5.74, 6) is 0. The van der Waals surface area contributed by atoms with Gasteiger partial charge in [0.05, 0.1) is 11.7 Å². The van der Waals surface area contributed by atoms with Gasteiger partial charge in [0, 0.05) is 17.8 Å². The summed E-state index contributed by atoms with van der Waals surface area (Å²) >= 11 is 5.84. The predicted octanol–water partition coefficient (Wildman–Crippen LogP) is 2.60. The van der Waals surface area contributed by atoms with Crippen molar-refractivity contribution in [3.63, 3.8) is 0 Å². The van der Waals surface area contributed by atoms with Crippen LogP contribution in [-0.2, 0) is 6.54 Å². The van der Waals surface area contributed by atoms with Gasteiger partial charge in [-0.25, -0.2) is 0 Å². The fourth-order valence-corrected chi connectivity index (χ4v) is 1.84. The number of aromatic nitrogens is 2. The van der Waals surface area contributed by atoms with Crippen LogP contribution >= 0.6 is 11.6 Å². The van der Waals surface area contributed by atoms with Crippen LogP contribution in [0.5, 0.6) is 0 Å². The van der Waals surface area contributed by atoms with E-state index in [1.54, 1.807) is 6.20 Å². The largest absolute Gasteiger partial charge is 0.319 e. The molecule has 0 saturated heterocycles. The molecule has 2 aromatic rings. The minimum Gasteiger partial charge on any atom is -0.319 e. The normalized spacial score (nSPS) is 12.7. The zero-order valence-electron chi connectivity index (χ0n) is 9.10. The van der Waals surface area contributed by atoms with Crippen molar-refractivity contribution in [1.29, 1.82) is 0 Å². The van der Waals surface area contributed by atoms with Crippen LogP contribution in [0.4, 0.5) is 0 Å². The van der Waals surface area contributed by atoms with Crippen molar-refractivity contribution < 1.29 is 0 Å². The van der Waals surface area contributed by atoms with E-state index >= 15 is 0 Å². The molecule has 1 aromatic heterocycles. The Morgan fingerprint density at radius 2 is 2.00 bits per heavy atom. The van der Waals surface area contributed by atoms with Crippen LogP contribution in [0.15, 0.2) is 36.5 Å². The summed E-state index contributed by atoms with van der Waals surface area (Å²) < 4.78 is 1.90. The van der Waals surface area contributed by atoms with Crippen LogP contribution in [0, 0.1) is 0 Å². The molecule has 3 nitrogen and oxygen atoms in total. The molecule has 0 spiro atoms. The van der Waals surface area contributed by atoms with Gasteiger partial charge in [-0.1, -0.05) is 23.7 Å². The third kappa shape index (κ3) is 2.10. The molecule has 2 rings (SSSR count). The average molecular weight is 236 g/mol. The highest BCUT2D eigenvalue weighted by Crippen LogP contribution is 2.20. The molecular formula is C12H14ClN3. The smallest absolute Gasteiger partial charge is 0.0723 e. The number of halogens is 1. The molecule has 0 bridgehead atoms. The van der Waals surface area contributed by atoms with Gasteiger partial charge in [-0.05, 0) is 30.7 Å². The Bertz CT molecular complexity index is 461. The second-order valence-electron chi connectivity index (χ2n) is 3.60. The fourth-order valence-electron chi connectivity index (χ4n) is 1.71. The summed E-state index contributed by atoms with van der Waals surface area (Å²) in [6, 6.07) is 9.38. The van der Waals surface area contributed by atoms with E-state index in [0.717, 1.165) is 22.8 Å². The van der Waals surface area contributed by atoms with Gasteiger partial charge in [0.1, 0.15) is 0 Å². The molecule has 0 aliphatic heterocycles. The van der Waals surface area contributed by atoms with Crippen LogP contribution in [0.1, 0.15) is 24.2 Å². The first kappa shape index (κ1) is 11.2. The van der Waals surface area contributed by atoms with E-state index in [0.29, 0.717) is 0 Å². The number of aryl methyl sites for hydroxylation is 1. The molecule has 1 unspecified atom stereocenters. The zero-order chi connectivity index (χ0) is 11.5. The maximum Gasteiger partial charge on any atom is 0.0723 e. The van der Waals surface area contributed by atoms with Gasteiger partial charge < -0.3 is 5.73 Å². The van der Waals surface area contributed by atoms with Crippen molar-refractivity contribution in [2.45, 2.75) is 19.5 Å². The van der Waals surface area contributed by atoms with Gasteiger partial charge in [0.15, 0.2) is 0 Å². The minimum absolute atomic E-state index is 0.153. The van der Waals surface area contributed by atoms with Gasteiger partial charge in [0.25, 0.3) is 0 Å². The van der Waals surface area contributed by atoms with Crippen molar-refractivity contribution in [3.05, 3.63) is 52.8 Å². The second-order valence-corrected chi connectivity index (χ2v) is 4.04. The van der Waals surface area contributed by atoms with Gasteiger partial charge in [-0.2, -0.15) is 5.10 Å². The number of hydrogen-bond donors (Lipinski definition) is 1. The molecule has 1 atom stereocenters. The van der Waals surface area contributed by atoms with E-state index < -0.39 is 0 Å². The lowest BCUT2D eigenvalue weighted by atomic mass is 10.1. The topological polar surface area (TPSA) is 43.8 Å². The molecule has 2 N–H and O–H groups in total. The van der Waals surface area contributed by atoms with Gasteiger partial charge in [0.2, 0.25) is 0 Å². The third-order valence-corrected chi connectivity index (χ3v) is 2.85. The van der Waals surface area contributed by atoms with Crippen molar-refractivity contribution in [2.75, 3.05) is 0 Å². The fraction of sp³-hybridized carbons (Fsp3) is 0.250. The number of nitrogens with two attached hydrogens (primary N) is 1. The highest BCUT2D eigenvalue weighted by Gasteiger charge is 2.12. The monoisotopic (exact) mass is 235 g/mol. The number of hydrogen-bond acceptors (Lipinski definition) is 2. The second kappa shape index (κ2) is 4.68. The van der Waals surface area contributed by atoms with Crippen molar-refractivity contribution >= 4 is 11.6 Å². The van der Waals surface area contributed by atoms with E-state index in [9.17, 15) is 0 Å². The Labute approximate surface area is 99.8 Å². The van der Waals surface area contributed by atoms with E-state index in [4.69, 9.17) is 17.3 Å². The van der Waals surface area contributed by atoms with Crippen LogP contribution in [-0.4, -0.2) is 9.78 Å². The summed E-state index contributed by atoms with van der Waals surface area (Å²) in [6.45, 7) is 2.87. The molecule has 0 aliphatic carbocycles. The minimum atomic E-state index is -0.153. The van der Waals surface area contributed by atoms with Crippen LogP contribution in [0.2, 0.25) is 5.02 Å². The summed E-state index contributed by atoms with van der Waals surface area (Å²) in [6.07, 6.45) is 1.77. The maximum absolute atomic E-state index is 6.18. The molecule has 0 radical (unpaired) electrons. The SMILES string of the molecule is CCn1nccc1C(N)c1ccc(Cl)cc1.